The molecule has 4 N–H and O–H groups in total. The second-order valence-corrected chi connectivity index (χ2v) is 2.65. The summed E-state index contributed by atoms with van der Waals surface area (Å²) in [5.41, 5.74) is 4.05. The van der Waals surface area contributed by atoms with Gasteiger partial charge in [0.1, 0.15) is 0 Å². The molecule has 66 valence electrons. The van der Waals surface area contributed by atoms with Gasteiger partial charge in [0.15, 0.2) is 0 Å². The van der Waals surface area contributed by atoms with E-state index in [1.807, 2.05) is 13.8 Å². The Bertz CT molecular complexity index is 132. The molecule has 0 aromatic heterocycles. The third kappa shape index (κ3) is 3.83. The molecule has 0 rings (SSSR count). The van der Waals surface area contributed by atoms with Crippen molar-refractivity contribution in [1.29, 1.82) is 0 Å². The van der Waals surface area contributed by atoms with E-state index in [0.717, 1.165) is 0 Å². The molecule has 0 radical (unpaired) electrons. The highest BCUT2D eigenvalue weighted by atomic mass is 16.3. The second-order valence-electron chi connectivity index (χ2n) is 2.65. The van der Waals surface area contributed by atoms with Crippen LogP contribution in [-0.2, 0) is 0 Å². The van der Waals surface area contributed by atoms with Gasteiger partial charge in [0.25, 0.3) is 0 Å². The predicted molar refractivity (Wildman–Crippen MR) is 43.1 cm³/mol. The highest BCUT2D eigenvalue weighted by Gasteiger charge is 2.21. The van der Waals surface area contributed by atoms with Crippen molar-refractivity contribution in [3.8, 4) is 0 Å². The first-order valence-corrected chi connectivity index (χ1v) is 3.79. The van der Waals surface area contributed by atoms with Crippen molar-refractivity contribution in [2.45, 2.75) is 32.3 Å². The van der Waals surface area contributed by atoms with Crippen LogP contribution in [0.25, 0.3) is 0 Å². The average Bonchev–Trinajstić information content (AvgIpc) is 2.00. The lowest BCUT2D eigenvalue weighted by Crippen LogP contribution is -2.43. The zero-order valence-corrected chi connectivity index (χ0v) is 7.05. The summed E-state index contributed by atoms with van der Waals surface area (Å²) in [6.07, 6.45) is 1.23. The van der Waals surface area contributed by atoms with E-state index in [-0.39, 0.29) is 6.54 Å². The zero-order chi connectivity index (χ0) is 8.91. The summed E-state index contributed by atoms with van der Waals surface area (Å²) in [6.45, 7) is 3.97. The van der Waals surface area contributed by atoms with E-state index in [2.05, 4.69) is 5.32 Å². The minimum Gasteiger partial charge on any atom is -0.388 e. The molecule has 0 aliphatic rings. The number of primary amides is 1. The van der Waals surface area contributed by atoms with E-state index in [1.54, 1.807) is 0 Å². The molecule has 0 saturated carbocycles. The molecule has 0 heterocycles. The van der Waals surface area contributed by atoms with Gasteiger partial charge >= 0.3 is 6.03 Å². The van der Waals surface area contributed by atoms with Crippen molar-refractivity contribution in [1.82, 2.24) is 5.32 Å². The van der Waals surface area contributed by atoms with Crippen LogP contribution in [0.1, 0.15) is 26.7 Å². The normalized spacial score (nSPS) is 11.2. The Morgan fingerprint density at radius 3 is 2.27 bits per heavy atom. The highest BCUT2D eigenvalue weighted by molar-refractivity contribution is 5.71. The summed E-state index contributed by atoms with van der Waals surface area (Å²) in [5, 5.41) is 12.0. The maximum Gasteiger partial charge on any atom is 0.312 e. The standard InChI is InChI=1S/C7H16N2O2/c1-3-7(11,4-2)5-9-6(8)10/h11H,3-5H2,1-2H3,(H3,8,9,10). The number of rotatable bonds is 4. The van der Waals surface area contributed by atoms with E-state index in [0.29, 0.717) is 12.8 Å². The predicted octanol–water partition coefficient (Wildman–Crippen LogP) is 0.206. The number of hydrogen-bond donors (Lipinski definition) is 3. The van der Waals surface area contributed by atoms with Crippen LogP contribution in [-0.4, -0.2) is 23.3 Å². The summed E-state index contributed by atoms with van der Waals surface area (Å²) >= 11 is 0. The third-order valence-electron chi connectivity index (χ3n) is 1.91. The van der Waals surface area contributed by atoms with Crippen LogP contribution in [0, 0.1) is 0 Å². The SMILES string of the molecule is CCC(O)(CC)CNC(N)=O. The lowest BCUT2D eigenvalue weighted by Gasteiger charge is -2.24. The van der Waals surface area contributed by atoms with Gasteiger partial charge in [-0.1, -0.05) is 13.8 Å². The fraction of sp³-hybridized carbons (Fsp3) is 0.857. The molecule has 0 bridgehead atoms. The first kappa shape index (κ1) is 10.2. The monoisotopic (exact) mass is 160 g/mol. The Hall–Kier alpha value is -0.770. The van der Waals surface area contributed by atoms with Crippen molar-refractivity contribution >= 4 is 6.03 Å². The Labute approximate surface area is 66.8 Å². The van der Waals surface area contributed by atoms with Crippen molar-refractivity contribution in [2.24, 2.45) is 5.73 Å². The number of urea groups is 1. The Morgan fingerprint density at radius 1 is 1.55 bits per heavy atom. The number of carbonyl (C=O) groups is 1. The van der Waals surface area contributed by atoms with Crippen molar-refractivity contribution < 1.29 is 9.90 Å². The van der Waals surface area contributed by atoms with Gasteiger partial charge in [0.2, 0.25) is 0 Å². The number of aliphatic hydroxyl groups is 1. The molecule has 11 heavy (non-hydrogen) atoms. The fourth-order valence-electron chi connectivity index (χ4n) is 0.752. The number of amides is 2. The quantitative estimate of drug-likeness (QED) is 0.549. The molecular weight excluding hydrogens is 144 g/mol. The molecule has 4 nitrogen and oxygen atoms in total. The fourth-order valence-corrected chi connectivity index (χ4v) is 0.752. The summed E-state index contributed by atoms with van der Waals surface area (Å²) in [4.78, 5) is 10.3. The first-order chi connectivity index (χ1) is 5.04. The molecule has 0 aromatic carbocycles. The largest absolute Gasteiger partial charge is 0.388 e. The number of nitrogens with two attached hydrogens (primary N) is 1. The number of hydrogen-bond acceptors (Lipinski definition) is 2. The highest BCUT2D eigenvalue weighted by Crippen LogP contribution is 2.12. The Kier molecular flexibility index (Phi) is 3.89. The average molecular weight is 160 g/mol. The van der Waals surface area contributed by atoms with Crippen molar-refractivity contribution in [2.75, 3.05) is 6.54 Å². The van der Waals surface area contributed by atoms with Gasteiger partial charge in [-0.3, -0.25) is 0 Å². The Balaban J connectivity index is 3.78. The van der Waals surface area contributed by atoms with E-state index < -0.39 is 11.6 Å². The van der Waals surface area contributed by atoms with Gasteiger partial charge in [0, 0.05) is 6.54 Å². The van der Waals surface area contributed by atoms with E-state index in [9.17, 15) is 9.90 Å². The van der Waals surface area contributed by atoms with E-state index >= 15 is 0 Å². The van der Waals surface area contributed by atoms with E-state index in [4.69, 9.17) is 5.73 Å². The van der Waals surface area contributed by atoms with Gasteiger partial charge in [-0.15, -0.1) is 0 Å². The first-order valence-electron chi connectivity index (χ1n) is 3.79. The molecule has 0 saturated heterocycles. The van der Waals surface area contributed by atoms with Crippen LogP contribution in [0.4, 0.5) is 4.79 Å². The maximum atomic E-state index is 10.3. The smallest absolute Gasteiger partial charge is 0.312 e. The van der Waals surface area contributed by atoms with Gasteiger partial charge in [0.05, 0.1) is 5.60 Å². The number of carbonyl (C=O) groups excluding carboxylic acids is 1. The molecule has 2 amide bonds. The van der Waals surface area contributed by atoms with Crippen molar-refractivity contribution in [3.05, 3.63) is 0 Å². The molecule has 0 fully saturated rings. The van der Waals surface area contributed by atoms with Gasteiger partial charge in [-0.25, -0.2) is 4.79 Å². The lowest BCUT2D eigenvalue weighted by atomic mass is 9.98. The molecule has 0 aromatic rings. The van der Waals surface area contributed by atoms with Crippen LogP contribution < -0.4 is 11.1 Å². The molecular formula is C7H16N2O2. The number of nitrogens with one attached hydrogen (secondary N) is 1. The van der Waals surface area contributed by atoms with Crippen LogP contribution in [0.3, 0.4) is 0 Å². The molecule has 0 spiro atoms. The summed E-state index contributed by atoms with van der Waals surface area (Å²) in [5.74, 6) is 0. The van der Waals surface area contributed by atoms with Gasteiger partial charge in [-0.05, 0) is 12.8 Å². The van der Waals surface area contributed by atoms with Crippen LogP contribution >= 0.6 is 0 Å². The summed E-state index contributed by atoms with van der Waals surface area (Å²) in [7, 11) is 0. The van der Waals surface area contributed by atoms with Crippen LogP contribution in [0.5, 0.6) is 0 Å². The van der Waals surface area contributed by atoms with Crippen LogP contribution in [0.15, 0.2) is 0 Å². The minimum atomic E-state index is -0.797. The molecule has 0 atom stereocenters. The summed E-state index contributed by atoms with van der Waals surface area (Å²) in [6, 6.07) is -0.592. The second kappa shape index (κ2) is 4.18. The van der Waals surface area contributed by atoms with Gasteiger partial charge in [-0.2, -0.15) is 0 Å². The molecule has 0 unspecified atom stereocenters. The van der Waals surface area contributed by atoms with Crippen molar-refractivity contribution in [3.63, 3.8) is 0 Å². The van der Waals surface area contributed by atoms with E-state index in [1.165, 1.54) is 0 Å². The lowest BCUT2D eigenvalue weighted by molar-refractivity contribution is 0.0352. The molecule has 0 aliphatic heterocycles. The third-order valence-corrected chi connectivity index (χ3v) is 1.91. The minimum absolute atomic E-state index is 0.231. The zero-order valence-electron chi connectivity index (χ0n) is 7.05. The molecule has 0 aliphatic carbocycles. The topological polar surface area (TPSA) is 75.3 Å². The van der Waals surface area contributed by atoms with Crippen LogP contribution in [0.2, 0.25) is 0 Å². The van der Waals surface area contributed by atoms with Gasteiger partial charge < -0.3 is 16.2 Å². The molecule has 4 heteroatoms. The summed E-state index contributed by atoms with van der Waals surface area (Å²) < 4.78 is 0. The maximum absolute atomic E-state index is 10.3. The Morgan fingerprint density at radius 2 is 2.00 bits per heavy atom.